The Morgan fingerprint density at radius 3 is 2.14 bits per heavy atom. The van der Waals surface area contributed by atoms with Gasteiger partial charge in [-0.05, 0) is 104 Å². The van der Waals surface area contributed by atoms with Gasteiger partial charge in [0.1, 0.15) is 12.0 Å². The standard InChI is InChI=1S/C22H16I3O3S/c1-29(13-19(26)14-5-3-2-4-6-14)16-9-7-15(8-10-16)28-22(27)20-17(23)11-12-18(24)21(20)25/h2-12H,13H2,1H3/q+1. The Kier molecular flexibility index (Phi) is 8.40. The fraction of sp³-hybridized carbons (Fsp3) is 0.0909. The van der Waals surface area contributed by atoms with E-state index in [0.717, 1.165) is 21.2 Å². The van der Waals surface area contributed by atoms with Crippen molar-refractivity contribution >= 4 is 90.4 Å². The molecule has 0 fully saturated rings. The van der Waals surface area contributed by atoms with Gasteiger partial charge in [0, 0.05) is 27.2 Å². The van der Waals surface area contributed by atoms with Crippen molar-refractivity contribution in [2.45, 2.75) is 4.90 Å². The van der Waals surface area contributed by atoms with Crippen LogP contribution in [0.4, 0.5) is 0 Å². The highest BCUT2D eigenvalue weighted by molar-refractivity contribution is 14.1. The van der Waals surface area contributed by atoms with E-state index in [0.29, 0.717) is 17.1 Å². The summed E-state index contributed by atoms with van der Waals surface area (Å²) in [6.07, 6.45) is 2.05. The summed E-state index contributed by atoms with van der Waals surface area (Å²) in [7, 11) is -0.225. The molecule has 29 heavy (non-hydrogen) atoms. The lowest BCUT2D eigenvalue weighted by Gasteiger charge is -2.10. The molecular weight excluding hydrogens is 725 g/mol. The van der Waals surface area contributed by atoms with E-state index in [4.69, 9.17) is 4.74 Å². The first-order valence-corrected chi connectivity index (χ1v) is 13.6. The van der Waals surface area contributed by atoms with Gasteiger partial charge in [0.15, 0.2) is 10.6 Å². The predicted octanol–water partition coefficient (Wildman–Crippen LogP) is 6.21. The molecule has 148 valence electrons. The Morgan fingerprint density at radius 1 is 0.862 bits per heavy atom. The number of ether oxygens (including phenoxy) is 1. The SMILES string of the molecule is C[S+](CC(=O)c1ccccc1)c1ccc(OC(=O)c2c(I)ccc(I)c2I)cc1. The number of esters is 1. The van der Waals surface area contributed by atoms with Crippen LogP contribution in [0, 0.1) is 10.7 Å². The van der Waals surface area contributed by atoms with E-state index in [1.54, 1.807) is 12.1 Å². The zero-order valence-corrected chi connectivity index (χ0v) is 22.6. The molecule has 0 saturated heterocycles. The van der Waals surface area contributed by atoms with E-state index >= 15 is 0 Å². The number of ketones is 1. The number of halogens is 3. The second-order valence-electron chi connectivity index (χ2n) is 6.15. The molecular formula is C22H16I3O3S+. The van der Waals surface area contributed by atoms with Crippen LogP contribution in [0.1, 0.15) is 20.7 Å². The molecule has 1 atom stereocenters. The molecule has 0 amide bonds. The summed E-state index contributed by atoms with van der Waals surface area (Å²) < 4.78 is 8.36. The summed E-state index contributed by atoms with van der Waals surface area (Å²) in [5.41, 5.74) is 1.32. The van der Waals surface area contributed by atoms with Gasteiger partial charge in [0.25, 0.3) is 0 Å². The number of Topliss-reactive ketones (excluding diaryl/α,β-unsaturated/α-hetero) is 1. The highest BCUT2D eigenvalue weighted by Gasteiger charge is 2.22. The molecule has 3 aromatic carbocycles. The fourth-order valence-corrected chi connectivity index (χ4v) is 6.25. The zero-order chi connectivity index (χ0) is 21.0. The van der Waals surface area contributed by atoms with Gasteiger partial charge in [-0.15, -0.1) is 0 Å². The van der Waals surface area contributed by atoms with Gasteiger partial charge >= 0.3 is 5.97 Å². The first-order chi connectivity index (χ1) is 13.9. The van der Waals surface area contributed by atoms with Gasteiger partial charge in [-0.3, -0.25) is 4.79 Å². The minimum Gasteiger partial charge on any atom is -0.423 e. The van der Waals surface area contributed by atoms with E-state index in [1.807, 2.05) is 54.6 Å². The van der Waals surface area contributed by atoms with E-state index in [9.17, 15) is 9.59 Å². The Labute approximate surface area is 213 Å². The third-order valence-electron chi connectivity index (χ3n) is 4.13. The molecule has 0 aliphatic heterocycles. The van der Waals surface area contributed by atoms with E-state index in [-0.39, 0.29) is 22.6 Å². The Morgan fingerprint density at radius 2 is 1.48 bits per heavy atom. The smallest absolute Gasteiger partial charge is 0.345 e. The largest absolute Gasteiger partial charge is 0.423 e. The first kappa shape index (κ1) is 23.0. The lowest BCUT2D eigenvalue weighted by molar-refractivity contribution is 0.0732. The van der Waals surface area contributed by atoms with Crippen LogP contribution in [0.3, 0.4) is 0 Å². The van der Waals surface area contributed by atoms with E-state index < -0.39 is 0 Å². The van der Waals surface area contributed by atoms with Crippen LogP contribution in [-0.2, 0) is 10.9 Å². The van der Waals surface area contributed by atoms with Crippen molar-refractivity contribution in [1.29, 1.82) is 0 Å². The molecule has 0 N–H and O–H groups in total. The lowest BCUT2D eigenvalue weighted by Crippen LogP contribution is -2.16. The van der Waals surface area contributed by atoms with Crippen LogP contribution >= 0.6 is 67.8 Å². The number of carbonyl (C=O) groups is 2. The number of rotatable bonds is 6. The van der Waals surface area contributed by atoms with Gasteiger partial charge in [0.05, 0.1) is 5.56 Å². The number of benzene rings is 3. The van der Waals surface area contributed by atoms with Gasteiger partial charge in [-0.25, -0.2) is 4.79 Å². The van der Waals surface area contributed by atoms with Gasteiger partial charge in [-0.1, -0.05) is 30.3 Å². The molecule has 0 aliphatic carbocycles. The predicted molar refractivity (Wildman–Crippen MR) is 143 cm³/mol. The number of hydrogen-bond donors (Lipinski definition) is 0. The molecule has 7 heteroatoms. The van der Waals surface area contributed by atoms with Crippen molar-refractivity contribution in [2.24, 2.45) is 0 Å². The molecule has 0 saturated carbocycles. The highest BCUT2D eigenvalue weighted by Crippen LogP contribution is 2.26. The summed E-state index contributed by atoms with van der Waals surface area (Å²) >= 11 is 6.54. The van der Waals surface area contributed by atoms with Crippen LogP contribution in [0.25, 0.3) is 0 Å². The normalized spacial score (nSPS) is 11.7. The van der Waals surface area contributed by atoms with Gasteiger partial charge in [0.2, 0.25) is 5.78 Å². The van der Waals surface area contributed by atoms with Crippen molar-refractivity contribution in [3.63, 3.8) is 0 Å². The number of hydrogen-bond acceptors (Lipinski definition) is 3. The molecule has 3 nitrogen and oxygen atoms in total. The van der Waals surface area contributed by atoms with Crippen LogP contribution in [0.5, 0.6) is 5.75 Å². The van der Waals surface area contributed by atoms with Gasteiger partial charge in [-0.2, -0.15) is 0 Å². The zero-order valence-electron chi connectivity index (χ0n) is 15.3. The maximum atomic E-state index is 12.7. The second-order valence-corrected chi connectivity index (χ2v) is 11.6. The summed E-state index contributed by atoms with van der Waals surface area (Å²) in [5.74, 6) is 0.729. The quantitative estimate of drug-likeness (QED) is 0.0755. The molecule has 0 heterocycles. The minimum atomic E-state index is -0.361. The fourth-order valence-electron chi connectivity index (χ4n) is 2.60. The van der Waals surface area contributed by atoms with Crippen molar-refractivity contribution < 1.29 is 14.3 Å². The third-order valence-corrected chi connectivity index (χ3v) is 9.85. The molecule has 0 aromatic heterocycles. The van der Waals surface area contributed by atoms with Crippen molar-refractivity contribution in [1.82, 2.24) is 0 Å². The molecule has 0 radical (unpaired) electrons. The maximum absolute atomic E-state index is 12.7. The highest BCUT2D eigenvalue weighted by atomic mass is 127. The molecule has 0 aliphatic rings. The average Bonchev–Trinajstić information content (AvgIpc) is 2.72. The van der Waals surface area contributed by atoms with E-state index in [2.05, 4.69) is 74.0 Å². The molecule has 3 rings (SSSR count). The van der Waals surface area contributed by atoms with Crippen LogP contribution < -0.4 is 4.74 Å². The summed E-state index contributed by atoms with van der Waals surface area (Å²) in [5, 5.41) is 0. The van der Waals surface area contributed by atoms with Gasteiger partial charge < -0.3 is 4.74 Å². The minimum absolute atomic E-state index is 0.134. The Bertz CT molecular complexity index is 1040. The van der Waals surface area contributed by atoms with Crippen LogP contribution in [-0.4, -0.2) is 23.8 Å². The number of carbonyl (C=O) groups excluding carboxylic acids is 2. The molecule has 0 spiro atoms. The summed E-state index contributed by atoms with van der Waals surface area (Å²) in [6.45, 7) is 0. The van der Waals surface area contributed by atoms with Crippen molar-refractivity contribution in [2.75, 3.05) is 12.0 Å². The third kappa shape index (κ3) is 5.95. The topological polar surface area (TPSA) is 43.4 Å². The molecule has 0 bridgehead atoms. The Hall–Kier alpha value is -0.660. The van der Waals surface area contributed by atoms with Crippen molar-refractivity contribution in [3.05, 3.63) is 88.6 Å². The summed E-state index contributed by atoms with van der Waals surface area (Å²) in [4.78, 5) is 26.1. The first-order valence-electron chi connectivity index (χ1n) is 8.53. The monoisotopic (exact) mass is 741 g/mol. The maximum Gasteiger partial charge on any atom is 0.345 e. The average molecular weight is 741 g/mol. The Balaban J connectivity index is 1.68. The molecule has 1 unspecified atom stereocenters. The second kappa shape index (κ2) is 10.6. The summed E-state index contributed by atoms with van der Waals surface area (Å²) in [6, 6.07) is 20.7. The van der Waals surface area contributed by atoms with Crippen LogP contribution in [0.2, 0.25) is 0 Å². The van der Waals surface area contributed by atoms with Crippen molar-refractivity contribution in [3.8, 4) is 5.75 Å². The van der Waals surface area contributed by atoms with E-state index in [1.165, 1.54) is 0 Å². The molecule has 3 aromatic rings. The lowest BCUT2D eigenvalue weighted by atomic mass is 10.2. The van der Waals surface area contributed by atoms with Crippen LogP contribution in [0.15, 0.2) is 71.6 Å².